The number of guanidine groups is 1. The molecule has 1 aliphatic heterocycles. The summed E-state index contributed by atoms with van der Waals surface area (Å²) in [5.74, 6) is 5.41. The van der Waals surface area contributed by atoms with E-state index in [-0.39, 0.29) is 5.96 Å². The Morgan fingerprint density at radius 3 is 2.53 bits per heavy atom. The Balaban J connectivity index is 0.000000195. The molecule has 1 aliphatic rings. The number of hydrazone groups is 1. The van der Waals surface area contributed by atoms with Gasteiger partial charge in [0, 0.05) is 5.56 Å². The molecule has 0 saturated carbocycles. The van der Waals surface area contributed by atoms with Crippen LogP contribution in [0.4, 0.5) is 0 Å². The second kappa shape index (κ2) is 5.54. The fourth-order valence-electron chi connectivity index (χ4n) is 1.06. The van der Waals surface area contributed by atoms with E-state index >= 15 is 0 Å². The molecule has 5 heteroatoms. The first kappa shape index (κ1) is 10.9. The van der Waals surface area contributed by atoms with E-state index in [1.807, 2.05) is 30.3 Å². The van der Waals surface area contributed by atoms with Gasteiger partial charge in [-0.25, -0.2) is 0 Å². The van der Waals surface area contributed by atoms with E-state index in [4.69, 9.17) is 16.2 Å². The molecule has 0 unspecified atom stereocenters. The third-order valence-electron chi connectivity index (χ3n) is 1.70. The number of benzene rings is 1. The van der Waals surface area contributed by atoms with Crippen LogP contribution in [0.1, 0.15) is 5.56 Å². The monoisotopic (exact) mass is 206 g/mol. The Kier molecular flexibility index (Phi) is 4.03. The molecule has 1 aromatic carbocycles. The van der Waals surface area contributed by atoms with Crippen LogP contribution in [0.15, 0.2) is 35.4 Å². The molecule has 0 atom stereocenters. The summed E-state index contributed by atoms with van der Waals surface area (Å²) < 4.78 is 5.34. The standard InChI is InChI=1S/C9H8O.CH6N4/c1-2-6-9-8(4-1)5-3-7-10-9;2-1(3)5-4/h1-6H,7H2;4H2,(H4,2,3,5). The minimum atomic E-state index is -0.0926. The molecule has 2 rings (SSSR count). The second-order valence-electron chi connectivity index (χ2n) is 2.81. The maximum Gasteiger partial charge on any atom is 0.208 e. The number of hydrogen-bond acceptors (Lipinski definition) is 3. The van der Waals surface area contributed by atoms with Crippen molar-refractivity contribution in [2.45, 2.75) is 0 Å². The molecule has 80 valence electrons. The SMILES string of the molecule is C1=Cc2ccccc2OC1.NN=C(N)N. The first-order valence-electron chi connectivity index (χ1n) is 4.41. The molecule has 1 aromatic rings. The van der Waals surface area contributed by atoms with Gasteiger partial charge in [0.15, 0.2) is 0 Å². The highest BCUT2D eigenvalue weighted by atomic mass is 16.5. The number of nitrogens with two attached hydrogens (primary N) is 3. The number of hydrogen-bond donors (Lipinski definition) is 3. The largest absolute Gasteiger partial charge is 0.489 e. The highest BCUT2D eigenvalue weighted by Crippen LogP contribution is 2.21. The van der Waals surface area contributed by atoms with E-state index in [0.29, 0.717) is 6.61 Å². The molecule has 0 spiro atoms. The van der Waals surface area contributed by atoms with Gasteiger partial charge in [-0.05, 0) is 12.1 Å². The molecule has 0 radical (unpaired) electrons. The Morgan fingerprint density at radius 1 is 1.27 bits per heavy atom. The van der Waals surface area contributed by atoms with Gasteiger partial charge in [-0.2, -0.15) is 0 Å². The van der Waals surface area contributed by atoms with Gasteiger partial charge in [-0.15, -0.1) is 5.10 Å². The van der Waals surface area contributed by atoms with Crippen LogP contribution >= 0.6 is 0 Å². The average molecular weight is 206 g/mol. The average Bonchev–Trinajstić information content (AvgIpc) is 2.30. The predicted octanol–water partition coefficient (Wildman–Crippen LogP) is 0.226. The van der Waals surface area contributed by atoms with E-state index < -0.39 is 0 Å². The van der Waals surface area contributed by atoms with E-state index in [2.05, 4.69) is 17.0 Å². The number of fused-ring (bicyclic) bond motifs is 1. The van der Waals surface area contributed by atoms with E-state index in [0.717, 1.165) is 5.75 Å². The first-order chi connectivity index (χ1) is 7.24. The van der Waals surface area contributed by atoms with Crippen LogP contribution < -0.4 is 22.0 Å². The minimum Gasteiger partial charge on any atom is -0.489 e. The zero-order chi connectivity index (χ0) is 11.1. The molecule has 6 N–H and O–H groups in total. The Bertz CT molecular complexity index is 369. The van der Waals surface area contributed by atoms with Crippen molar-refractivity contribution in [2.75, 3.05) is 6.61 Å². The molecule has 0 amide bonds. The second-order valence-corrected chi connectivity index (χ2v) is 2.81. The molecule has 5 nitrogen and oxygen atoms in total. The zero-order valence-electron chi connectivity index (χ0n) is 8.26. The third-order valence-corrected chi connectivity index (χ3v) is 1.70. The van der Waals surface area contributed by atoms with Crippen LogP contribution in [0.5, 0.6) is 5.75 Å². The van der Waals surface area contributed by atoms with Gasteiger partial charge >= 0.3 is 0 Å². The lowest BCUT2D eigenvalue weighted by atomic mass is 10.1. The lowest BCUT2D eigenvalue weighted by Crippen LogP contribution is -2.23. The summed E-state index contributed by atoms with van der Waals surface area (Å²) in [6.07, 6.45) is 4.10. The summed E-state index contributed by atoms with van der Waals surface area (Å²) in [7, 11) is 0. The lowest BCUT2D eigenvalue weighted by Gasteiger charge is -2.10. The van der Waals surface area contributed by atoms with Crippen molar-refractivity contribution in [1.29, 1.82) is 0 Å². The summed E-state index contributed by atoms with van der Waals surface area (Å²) in [6.45, 7) is 0.705. The minimum absolute atomic E-state index is 0.0926. The predicted molar refractivity (Wildman–Crippen MR) is 61.0 cm³/mol. The normalized spacial score (nSPS) is 11.5. The van der Waals surface area contributed by atoms with Gasteiger partial charge in [-0.3, -0.25) is 0 Å². The van der Waals surface area contributed by atoms with Crippen molar-refractivity contribution < 1.29 is 4.74 Å². The highest BCUT2D eigenvalue weighted by molar-refractivity contribution is 5.75. The summed E-state index contributed by atoms with van der Waals surface area (Å²) in [5, 5.41) is 2.86. The van der Waals surface area contributed by atoms with Crippen LogP contribution in [0.25, 0.3) is 6.08 Å². The van der Waals surface area contributed by atoms with Gasteiger partial charge in [-0.1, -0.05) is 24.3 Å². The van der Waals surface area contributed by atoms with Gasteiger partial charge in [0.05, 0.1) is 0 Å². The Labute approximate surface area is 88.2 Å². The van der Waals surface area contributed by atoms with Crippen molar-refractivity contribution in [1.82, 2.24) is 0 Å². The van der Waals surface area contributed by atoms with E-state index in [9.17, 15) is 0 Å². The van der Waals surface area contributed by atoms with Crippen LogP contribution in [-0.4, -0.2) is 12.6 Å². The molecular weight excluding hydrogens is 192 g/mol. The fraction of sp³-hybridized carbons (Fsp3) is 0.100. The zero-order valence-corrected chi connectivity index (χ0v) is 8.26. The van der Waals surface area contributed by atoms with Crippen molar-refractivity contribution in [3.8, 4) is 5.75 Å². The van der Waals surface area contributed by atoms with Crippen LogP contribution in [0.2, 0.25) is 0 Å². The quantitative estimate of drug-likeness (QED) is 0.245. The van der Waals surface area contributed by atoms with Gasteiger partial charge in [0.25, 0.3) is 0 Å². The van der Waals surface area contributed by atoms with E-state index in [1.165, 1.54) is 5.56 Å². The van der Waals surface area contributed by atoms with Crippen molar-refractivity contribution in [3.63, 3.8) is 0 Å². The highest BCUT2D eigenvalue weighted by Gasteiger charge is 2.01. The van der Waals surface area contributed by atoms with E-state index in [1.54, 1.807) is 0 Å². The number of ether oxygens (including phenoxy) is 1. The van der Waals surface area contributed by atoms with Crippen molar-refractivity contribution in [3.05, 3.63) is 35.9 Å². The van der Waals surface area contributed by atoms with Crippen LogP contribution in [0, 0.1) is 0 Å². The maximum atomic E-state index is 5.34. The summed E-state index contributed by atoms with van der Waals surface area (Å²) >= 11 is 0. The summed E-state index contributed by atoms with van der Waals surface area (Å²) in [5.41, 5.74) is 10.6. The van der Waals surface area contributed by atoms with Gasteiger partial charge in [0.1, 0.15) is 12.4 Å². The first-order valence-corrected chi connectivity index (χ1v) is 4.41. The number of rotatable bonds is 0. The Morgan fingerprint density at radius 2 is 1.93 bits per heavy atom. The molecule has 0 aromatic heterocycles. The Hall–Kier alpha value is -2.17. The molecule has 0 aliphatic carbocycles. The molecule has 0 fully saturated rings. The van der Waals surface area contributed by atoms with Crippen LogP contribution in [-0.2, 0) is 0 Å². The molecule has 0 saturated heterocycles. The summed E-state index contributed by atoms with van der Waals surface area (Å²) in [6, 6.07) is 8.03. The number of nitrogens with zero attached hydrogens (tertiary/aromatic N) is 1. The number of para-hydroxylation sites is 1. The maximum absolute atomic E-state index is 5.34. The molecule has 0 bridgehead atoms. The molecule has 1 heterocycles. The van der Waals surface area contributed by atoms with Gasteiger partial charge < -0.3 is 22.0 Å². The van der Waals surface area contributed by atoms with Crippen LogP contribution in [0.3, 0.4) is 0 Å². The third kappa shape index (κ3) is 3.60. The molecule has 15 heavy (non-hydrogen) atoms. The topological polar surface area (TPSA) is 99.6 Å². The molecular formula is C10H14N4O. The fourth-order valence-corrected chi connectivity index (χ4v) is 1.06. The smallest absolute Gasteiger partial charge is 0.208 e. The van der Waals surface area contributed by atoms with Gasteiger partial charge in [0.2, 0.25) is 5.96 Å². The van der Waals surface area contributed by atoms with Crippen molar-refractivity contribution >= 4 is 12.0 Å². The lowest BCUT2D eigenvalue weighted by molar-refractivity contribution is 0.358. The van der Waals surface area contributed by atoms with Crippen molar-refractivity contribution in [2.24, 2.45) is 22.4 Å². The summed E-state index contributed by atoms with van der Waals surface area (Å²) in [4.78, 5) is 0.